The number of rotatable bonds is 5. The van der Waals surface area contributed by atoms with Crippen molar-refractivity contribution in [2.24, 2.45) is 4.99 Å². The molecule has 0 bridgehead atoms. The van der Waals surface area contributed by atoms with E-state index in [0.29, 0.717) is 22.3 Å². The van der Waals surface area contributed by atoms with Crippen LogP contribution in [-0.4, -0.2) is 18.2 Å². The molecule has 0 radical (unpaired) electrons. The molecule has 0 saturated carbocycles. The minimum Gasteiger partial charge on any atom is -0.463 e. The minimum atomic E-state index is -0.265. The second-order valence-corrected chi connectivity index (χ2v) is 6.04. The van der Waals surface area contributed by atoms with E-state index in [9.17, 15) is 4.79 Å². The topological polar surface area (TPSA) is 50.7 Å². The molecular formula is C18H14Cl2N2O2. The molecule has 3 rings (SSSR count). The fourth-order valence-corrected chi connectivity index (χ4v) is 2.74. The summed E-state index contributed by atoms with van der Waals surface area (Å²) >= 11 is 11.8. The monoisotopic (exact) mass is 360 g/mol. The Balaban J connectivity index is 1.48. The molecule has 0 aliphatic carbocycles. The van der Waals surface area contributed by atoms with Gasteiger partial charge in [0.2, 0.25) is 5.91 Å². The molecule has 24 heavy (non-hydrogen) atoms. The molecule has 2 aromatic rings. The Morgan fingerprint density at radius 1 is 1.25 bits per heavy atom. The molecule has 1 aliphatic heterocycles. The Morgan fingerprint density at radius 2 is 2.08 bits per heavy atom. The number of halogens is 2. The van der Waals surface area contributed by atoms with Crippen LogP contribution in [0.2, 0.25) is 10.0 Å². The van der Waals surface area contributed by atoms with Gasteiger partial charge in [-0.2, -0.15) is 0 Å². The van der Waals surface area contributed by atoms with E-state index in [0.717, 1.165) is 17.8 Å². The summed E-state index contributed by atoms with van der Waals surface area (Å²) in [6.07, 6.45) is 3.35. The summed E-state index contributed by atoms with van der Waals surface area (Å²) in [5, 5.41) is 3.68. The Hall–Kier alpha value is -2.30. The molecule has 0 fully saturated rings. The van der Waals surface area contributed by atoms with E-state index >= 15 is 0 Å². The number of para-hydroxylation sites is 1. The summed E-state index contributed by atoms with van der Waals surface area (Å²) in [5.41, 5.74) is 3.08. The third-order valence-corrected chi connectivity index (χ3v) is 3.97. The zero-order chi connectivity index (χ0) is 16.9. The van der Waals surface area contributed by atoms with Crippen LogP contribution < -0.4 is 10.1 Å². The molecule has 1 N–H and O–H groups in total. The highest BCUT2D eigenvalue weighted by atomic mass is 35.5. The quantitative estimate of drug-likeness (QED) is 0.637. The molecule has 0 saturated heterocycles. The third-order valence-electron chi connectivity index (χ3n) is 3.44. The highest BCUT2D eigenvalue weighted by Gasteiger charge is 2.13. The number of hydrogen-bond donors (Lipinski definition) is 1. The van der Waals surface area contributed by atoms with Gasteiger partial charge in [-0.05, 0) is 29.8 Å². The van der Waals surface area contributed by atoms with Gasteiger partial charge in [0.15, 0.2) is 0 Å². The molecule has 122 valence electrons. The smallest absolute Gasteiger partial charge is 0.247 e. The molecule has 0 aromatic heterocycles. The number of nitrogens with zero attached hydrogens (tertiary/aromatic N) is 1. The second kappa shape index (κ2) is 7.51. The van der Waals surface area contributed by atoms with Crippen LogP contribution >= 0.6 is 23.2 Å². The van der Waals surface area contributed by atoms with Crippen molar-refractivity contribution in [1.82, 2.24) is 5.32 Å². The Bertz CT molecular complexity index is 832. The van der Waals surface area contributed by atoms with Gasteiger partial charge in [-0.25, -0.2) is 0 Å². The molecule has 1 aliphatic rings. The van der Waals surface area contributed by atoms with Crippen LogP contribution in [0, 0.1) is 0 Å². The zero-order valence-corrected chi connectivity index (χ0v) is 14.1. The van der Waals surface area contributed by atoms with Crippen molar-refractivity contribution in [2.75, 3.05) is 6.54 Å². The zero-order valence-electron chi connectivity index (χ0n) is 12.6. The van der Waals surface area contributed by atoms with Gasteiger partial charge in [0.1, 0.15) is 5.75 Å². The first-order chi connectivity index (χ1) is 11.6. The largest absolute Gasteiger partial charge is 0.463 e. The van der Waals surface area contributed by atoms with Crippen LogP contribution in [0.15, 0.2) is 59.8 Å². The number of fused-ring (bicyclic) bond motifs is 1. The van der Waals surface area contributed by atoms with Crippen LogP contribution in [0.3, 0.4) is 0 Å². The van der Waals surface area contributed by atoms with Gasteiger partial charge in [0.05, 0.1) is 23.5 Å². The summed E-state index contributed by atoms with van der Waals surface area (Å²) < 4.78 is 5.32. The number of aliphatic imine (C=N–C) groups is 1. The summed E-state index contributed by atoms with van der Waals surface area (Å²) in [6, 6.07) is 12.8. The number of nitrogens with one attached hydrogen (secondary N) is 1. The summed E-state index contributed by atoms with van der Waals surface area (Å²) in [6.45, 7) is 0.402. The van der Waals surface area contributed by atoms with E-state index in [1.807, 2.05) is 24.3 Å². The molecule has 0 atom stereocenters. The molecule has 2 aromatic carbocycles. The number of carbonyl (C=O) groups excluding carboxylic acids is 1. The minimum absolute atomic E-state index is 0.265. The van der Waals surface area contributed by atoms with E-state index in [1.165, 1.54) is 17.9 Å². The van der Waals surface area contributed by atoms with Crippen molar-refractivity contribution in [3.63, 3.8) is 0 Å². The lowest BCUT2D eigenvalue weighted by atomic mass is 10.1. The first kappa shape index (κ1) is 16.6. The molecule has 1 heterocycles. The number of hydrogen-bond acceptors (Lipinski definition) is 3. The maximum Gasteiger partial charge on any atom is 0.247 e. The molecular weight excluding hydrogens is 347 g/mol. The van der Waals surface area contributed by atoms with Gasteiger partial charge in [0, 0.05) is 23.2 Å². The van der Waals surface area contributed by atoms with Crippen LogP contribution in [-0.2, 0) is 11.2 Å². The highest BCUT2D eigenvalue weighted by Crippen LogP contribution is 2.27. The second-order valence-electron chi connectivity index (χ2n) is 5.20. The highest BCUT2D eigenvalue weighted by molar-refractivity contribution is 6.35. The Kier molecular flexibility index (Phi) is 5.18. The number of amides is 1. The fraction of sp³-hybridized carbons (Fsp3) is 0.111. The van der Waals surface area contributed by atoms with Crippen molar-refractivity contribution >= 4 is 40.5 Å². The standard InChI is InChI=1S/C18H14Cl2N2O2/c19-13-5-6-17(15(20)10-13)24-8-7-18(23)21-11-14-9-12-3-1-2-4-16(12)22-14/h1-8,10H,9,11H2,(H,21,23)/b8-7+. The average Bonchev–Trinajstić information content (AvgIpc) is 2.98. The van der Waals surface area contributed by atoms with E-state index < -0.39 is 0 Å². The molecule has 6 heteroatoms. The third kappa shape index (κ3) is 4.16. The van der Waals surface area contributed by atoms with Gasteiger partial charge in [-0.3, -0.25) is 9.79 Å². The van der Waals surface area contributed by atoms with Crippen molar-refractivity contribution in [2.45, 2.75) is 6.42 Å². The maximum absolute atomic E-state index is 11.8. The molecule has 4 nitrogen and oxygen atoms in total. The van der Waals surface area contributed by atoms with Crippen molar-refractivity contribution < 1.29 is 9.53 Å². The lowest BCUT2D eigenvalue weighted by Crippen LogP contribution is -2.28. The van der Waals surface area contributed by atoms with Crippen LogP contribution in [0.25, 0.3) is 0 Å². The average molecular weight is 361 g/mol. The molecule has 1 amide bonds. The maximum atomic E-state index is 11.8. The van der Waals surface area contributed by atoms with Gasteiger partial charge in [0.25, 0.3) is 0 Å². The van der Waals surface area contributed by atoms with Crippen molar-refractivity contribution in [3.05, 3.63) is 70.4 Å². The van der Waals surface area contributed by atoms with E-state index in [4.69, 9.17) is 27.9 Å². The normalized spacial score (nSPS) is 12.8. The van der Waals surface area contributed by atoms with Gasteiger partial charge >= 0.3 is 0 Å². The van der Waals surface area contributed by atoms with Gasteiger partial charge < -0.3 is 10.1 Å². The number of ether oxygens (including phenoxy) is 1. The summed E-state index contributed by atoms with van der Waals surface area (Å²) in [5.74, 6) is 0.166. The van der Waals surface area contributed by atoms with Crippen molar-refractivity contribution in [1.29, 1.82) is 0 Å². The van der Waals surface area contributed by atoms with Crippen LogP contribution in [0.1, 0.15) is 5.56 Å². The predicted molar refractivity (Wildman–Crippen MR) is 96.5 cm³/mol. The summed E-state index contributed by atoms with van der Waals surface area (Å²) in [4.78, 5) is 16.3. The number of benzene rings is 2. The molecule has 0 spiro atoms. The SMILES string of the molecule is O=C(/C=C/Oc1ccc(Cl)cc1Cl)NCC1=Nc2ccccc2C1. The fourth-order valence-electron chi connectivity index (χ4n) is 2.29. The Labute approximate surface area is 149 Å². The summed E-state index contributed by atoms with van der Waals surface area (Å²) in [7, 11) is 0. The lowest BCUT2D eigenvalue weighted by Gasteiger charge is -2.04. The lowest BCUT2D eigenvalue weighted by molar-refractivity contribution is -0.116. The van der Waals surface area contributed by atoms with Crippen LogP contribution in [0.5, 0.6) is 5.75 Å². The number of carbonyl (C=O) groups is 1. The Morgan fingerprint density at radius 3 is 2.88 bits per heavy atom. The van der Waals surface area contributed by atoms with Crippen LogP contribution in [0.4, 0.5) is 5.69 Å². The van der Waals surface area contributed by atoms with Gasteiger partial charge in [-0.15, -0.1) is 0 Å². The van der Waals surface area contributed by atoms with E-state index in [1.54, 1.807) is 18.2 Å². The molecule has 0 unspecified atom stereocenters. The van der Waals surface area contributed by atoms with Gasteiger partial charge in [-0.1, -0.05) is 41.4 Å². The first-order valence-corrected chi connectivity index (χ1v) is 8.08. The predicted octanol–water partition coefficient (Wildman–Crippen LogP) is 4.33. The van der Waals surface area contributed by atoms with E-state index in [2.05, 4.69) is 10.3 Å². The van der Waals surface area contributed by atoms with Crippen molar-refractivity contribution in [3.8, 4) is 5.75 Å². The first-order valence-electron chi connectivity index (χ1n) is 7.32. The van der Waals surface area contributed by atoms with E-state index in [-0.39, 0.29) is 5.91 Å².